The second-order valence-corrected chi connectivity index (χ2v) is 10.2. The summed E-state index contributed by atoms with van der Waals surface area (Å²) < 4.78 is 0. The highest BCUT2D eigenvalue weighted by Gasteiger charge is 2.12. The quantitative estimate of drug-likeness (QED) is 0.171. The Morgan fingerprint density at radius 2 is 1.38 bits per heavy atom. The highest BCUT2D eigenvalue weighted by atomic mass is 16.1. The molecule has 6 aromatic rings. The Balaban J connectivity index is 1.13. The van der Waals surface area contributed by atoms with E-state index in [9.17, 15) is 4.79 Å². The van der Waals surface area contributed by atoms with Crippen LogP contribution in [0.5, 0.6) is 0 Å². The number of fused-ring (bicyclic) bond motifs is 1. The molecule has 42 heavy (non-hydrogen) atoms. The Labute approximate surface area is 245 Å². The van der Waals surface area contributed by atoms with E-state index < -0.39 is 0 Å². The highest BCUT2D eigenvalue weighted by Crippen LogP contribution is 2.28. The molecule has 206 valence electrons. The molecular weight excluding hydrogens is 518 g/mol. The summed E-state index contributed by atoms with van der Waals surface area (Å²) in [6, 6.07) is 41.9. The van der Waals surface area contributed by atoms with Gasteiger partial charge in [-0.25, -0.2) is 9.97 Å². The minimum absolute atomic E-state index is 0.160. The Bertz CT molecular complexity index is 1820. The second kappa shape index (κ2) is 12.5. The fourth-order valence-corrected chi connectivity index (χ4v) is 4.84. The summed E-state index contributed by atoms with van der Waals surface area (Å²) in [6.45, 7) is 3.49. The van der Waals surface area contributed by atoms with Gasteiger partial charge < -0.3 is 16.0 Å². The van der Waals surface area contributed by atoms with Crippen LogP contribution in [0.25, 0.3) is 22.2 Å². The third-order valence-electron chi connectivity index (χ3n) is 7.10. The van der Waals surface area contributed by atoms with E-state index in [2.05, 4.69) is 34.1 Å². The zero-order valence-electron chi connectivity index (χ0n) is 23.3. The van der Waals surface area contributed by atoms with Crippen LogP contribution in [-0.4, -0.2) is 15.9 Å². The van der Waals surface area contributed by atoms with Gasteiger partial charge in [-0.3, -0.25) is 4.79 Å². The predicted octanol–water partition coefficient (Wildman–Crippen LogP) is 7.89. The number of carbonyl (C=O) groups excluding carboxylic acids is 1. The first-order chi connectivity index (χ1) is 20.6. The standard InChI is InChI=1S/C36H31N5O/c1-25-16-17-27(24-37-23-26-10-4-2-5-11-26)22-33(25)39-35(42)29-18-20-30(21-19-29)38-36-40-32-15-9-8-14-31(32)34(41-36)28-12-6-3-7-13-28/h2-22,37H,23-24H2,1H3,(H,39,42)(H,38,40,41). The lowest BCUT2D eigenvalue weighted by Crippen LogP contribution is -2.15. The summed E-state index contributed by atoms with van der Waals surface area (Å²) in [5, 5.41) is 10.8. The van der Waals surface area contributed by atoms with Crippen molar-refractivity contribution in [2.24, 2.45) is 0 Å². The first-order valence-electron chi connectivity index (χ1n) is 14.0. The number of hydrogen-bond donors (Lipinski definition) is 3. The number of para-hydroxylation sites is 1. The van der Waals surface area contributed by atoms with E-state index in [1.54, 1.807) is 12.1 Å². The maximum absolute atomic E-state index is 13.1. The van der Waals surface area contributed by atoms with Crippen LogP contribution in [0.3, 0.4) is 0 Å². The van der Waals surface area contributed by atoms with Gasteiger partial charge in [0.25, 0.3) is 5.91 Å². The topological polar surface area (TPSA) is 78.9 Å². The summed E-state index contributed by atoms with van der Waals surface area (Å²) in [4.78, 5) is 22.7. The molecule has 1 amide bonds. The van der Waals surface area contributed by atoms with E-state index in [0.29, 0.717) is 18.1 Å². The van der Waals surface area contributed by atoms with Gasteiger partial charge in [0, 0.05) is 41.0 Å². The van der Waals surface area contributed by atoms with Crippen molar-refractivity contribution in [3.8, 4) is 11.3 Å². The average molecular weight is 550 g/mol. The number of rotatable bonds is 9. The van der Waals surface area contributed by atoms with E-state index in [0.717, 1.165) is 51.2 Å². The number of aryl methyl sites for hydroxylation is 1. The van der Waals surface area contributed by atoms with Crippen molar-refractivity contribution in [1.82, 2.24) is 15.3 Å². The Morgan fingerprint density at radius 3 is 2.17 bits per heavy atom. The SMILES string of the molecule is Cc1ccc(CNCc2ccccc2)cc1NC(=O)c1ccc(Nc2nc(-c3ccccc3)c3ccccc3n2)cc1. The molecule has 0 unspecified atom stereocenters. The number of benzene rings is 5. The molecule has 0 fully saturated rings. The summed E-state index contributed by atoms with van der Waals surface area (Å²) in [7, 11) is 0. The van der Waals surface area contributed by atoms with Crippen LogP contribution in [0.1, 0.15) is 27.0 Å². The third-order valence-corrected chi connectivity index (χ3v) is 7.10. The summed E-state index contributed by atoms with van der Waals surface area (Å²) in [5.74, 6) is 0.338. The van der Waals surface area contributed by atoms with Gasteiger partial charge in [-0.05, 0) is 60.0 Å². The van der Waals surface area contributed by atoms with Gasteiger partial charge in [0.15, 0.2) is 0 Å². The minimum Gasteiger partial charge on any atom is -0.324 e. The van der Waals surface area contributed by atoms with Gasteiger partial charge in [-0.2, -0.15) is 0 Å². The fourth-order valence-electron chi connectivity index (χ4n) is 4.84. The summed E-state index contributed by atoms with van der Waals surface area (Å²) in [6.07, 6.45) is 0. The molecule has 1 heterocycles. The van der Waals surface area contributed by atoms with Gasteiger partial charge in [0.1, 0.15) is 0 Å². The molecule has 0 radical (unpaired) electrons. The van der Waals surface area contributed by atoms with Crippen molar-refractivity contribution in [2.75, 3.05) is 10.6 Å². The number of anilines is 3. The van der Waals surface area contributed by atoms with Crippen LogP contribution >= 0.6 is 0 Å². The van der Waals surface area contributed by atoms with Gasteiger partial charge in [-0.15, -0.1) is 0 Å². The highest BCUT2D eigenvalue weighted by molar-refractivity contribution is 6.05. The molecule has 6 rings (SSSR count). The molecule has 6 heteroatoms. The molecule has 3 N–H and O–H groups in total. The van der Waals surface area contributed by atoms with Gasteiger partial charge in [0.2, 0.25) is 5.95 Å². The number of carbonyl (C=O) groups is 1. The summed E-state index contributed by atoms with van der Waals surface area (Å²) in [5.41, 5.74) is 8.27. The molecule has 0 saturated carbocycles. The largest absolute Gasteiger partial charge is 0.324 e. The van der Waals surface area contributed by atoms with E-state index in [1.165, 1.54) is 5.56 Å². The van der Waals surface area contributed by atoms with Crippen molar-refractivity contribution in [3.05, 3.63) is 150 Å². The van der Waals surface area contributed by atoms with Crippen molar-refractivity contribution in [2.45, 2.75) is 20.0 Å². The molecule has 0 aliphatic rings. The molecule has 1 aromatic heterocycles. The van der Waals surface area contributed by atoms with E-state index in [1.807, 2.05) is 104 Å². The van der Waals surface area contributed by atoms with Crippen molar-refractivity contribution in [1.29, 1.82) is 0 Å². The average Bonchev–Trinajstić information content (AvgIpc) is 3.03. The lowest BCUT2D eigenvalue weighted by molar-refractivity contribution is 0.102. The first kappa shape index (κ1) is 26.9. The lowest BCUT2D eigenvalue weighted by atomic mass is 10.1. The minimum atomic E-state index is -0.160. The Morgan fingerprint density at radius 1 is 0.690 bits per heavy atom. The number of aromatic nitrogens is 2. The Hall–Kier alpha value is -5.33. The number of nitrogens with zero attached hydrogens (tertiary/aromatic N) is 2. The maximum atomic E-state index is 13.1. The first-order valence-corrected chi connectivity index (χ1v) is 14.0. The van der Waals surface area contributed by atoms with E-state index >= 15 is 0 Å². The molecule has 0 aliphatic heterocycles. The molecule has 0 aliphatic carbocycles. The van der Waals surface area contributed by atoms with Crippen LogP contribution in [0, 0.1) is 6.92 Å². The zero-order chi connectivity index (χ0) is 28.7. The zero-order valence-corrected chi connectivity index (χ0v) is 23.3. The number of nitrogens with one attached hydrogen (secondary N) is 3. The molecule has 5 aromatic carbocycles. The normalized spacial score (nSPS) is 10.9. The lowest BCUT2D eigenvalue weighted by Gasteiger charge is -2.13. The van der Waals surface area contributed by atoms with E-state index in [-0.39, 0.29) is 5.91 Å². The summed E-state index contributed by atoms with van der Waals surface area (Å²) >= 11 is 0. The molecule has 0 saturated heterocycles. The molecule has 0 spiro atoms. The van der Waals surface area contributed by atoms with Gasteiger partial charge in [0.05, 0.1) is 11.2 Å². The second-order valence-electron chi connectivity index (χ2n) is 10.2. The monoisotopic (exact) mass is 549 g/mol. The van der Waals surface area contributed by atoms with Crippen LogP contribution < -0.4 is 16.0 Å². The molecule has 6 nitrogen and oxygen atoms in total. The molecule has 0 bridgehead atoms. The smallest absolute Gasteiger partial charge is 0.255 e. The third kappa shape index (κ3) is 6.35. The van der Waals surface area contributed by atoms with Crippen LogP contribution in [0.15, 0.2) is 127 Å². The van der Waals surface area contributed by atoms with Gasteiger partial charge in [-0.1, -0.05) is 91.0 Å². The van der Waals surface area contributed by atoms with Crippen molar-refractivity contribution in [3.63, 3.8) is 0 Å². The van der Waals surface area contributed by atoms with Crippen molar-refractivity contribution >= 4 is 34.1 Å². The van der Waals surface area contributed by atoms with Crippen LogP contribution in [-0.2, 0) is 13.1 Å². The predicted molar refractivity (Wildman–Crippen MR) is 171 cm³/mol. The van der Waals surface area contributed by atoms with E-state index in [4.69, 9.17) is 9.97 Å². The Kier molecular flexibility index (Phi) is 7.97. The molecule has 0 atom stereocenters. The van der Waals surface area contributed by atoms with Crippen molar-refractivity contribution < 1.29 is 4.79 Å². The number of hydrogen-bond acceptors (Lipinski definition) is 5. The van der Waals surface area contributed by atoms with Crippen LogP contribution in [0.2, 0.25) is 0 Å². The van der Waals surface area contributed by atoms with Crippen LogP contribution in [0.4, 0.5) is 17.3 Å². The fraction of sp³-hybridized carbons (Fsp3) is 0.0833. The molecular formula is C36H31N5O. The number of amides is 1. The maximum Gasteiger partial charge on any atom is 0.255 e. The van der Waals surface area contributed by atoms with Gasteiger partial charge >= 0.3 is 0 Å².